The molecule has 0 unspecified atom stereocenters. The van der Waals surface area contributed by atoms with Crippen molar-refractivity contribution in [1.82, 2.24) is 10.2 Å². The predicted octanol–water partition coefficient (Wildman–Crippen LogP) is 0.742. The van der Waals surface area contributed by atoms with Crippen molar-refractivity contribution in [3.8, 4) is 0 Å². The lowest BCUT2D eigenvalue weighted by molar-refractivity contribution is -0.119. The summed E-state index contributed by atoms with van der Waals surface area (Å²) in [6.07, 6.45) is 5.20. The Balaban J connectivity index is 1.70. The molecule has 0 aromatic carbocycles. The lowest BCUT2D eigenvalue weighted by Gasteiger charge is -2.21. The highest BCUT2D eigenvalue weighted by molar-refractivity contribution is 5.79. The third kappa shape index (κ3) is 1.55. The van der Waals surface area contributed by atoms with Crippen LogP contribution in [0.4, 0.5) is 0 Å². The Bertz CT molecular complexity index is 361. The van der Waals surface area contributed by atoms with E-state index in [-0.39, 0.29) is 5.91 Å². The summed E-state index contributed by atoms with van der Waals surface area (Å²) in [6, 6.07) is 2.76. The maximum atomic E-state index is 11.2. The molecule has 2 aliphatic heterocycles. The van der Waals surface area contributed by atoms with E-state index in [4.69, 9.17) is 4.42 Å². The Morgan fingerprint density at radius 2 is 2.53 bits per heavy atom. The third-order valence-electron chi connectivity index (χ3n) is 3.37. The van der Waals surface area contributed by atoms with Gasteiger partial charge in [-0.05, 0) is 12.5 Å². The maximum absolute atomic E-state index is 11.2. The van der Waals surface area contributed by atoms with E-state index in [1.807, 2.05) is 6.07 Å². The Morgan fingerprint density at radius 3 is 3.33 bits per heavy atom. The van der Waals surface area contributed by atoms with Crippen molar-refractivity contribution in [3.05, 3.63) is 24.2 Å². The van der Waals surface area contributed by atoms with Crippen LogP contribution in [0, 0.1) is 0 Å². The minimum atomic E-state index is 0.196. The minimum absolute atomic E-state index is 0.196. The van der Waals surface area contributed by atoms with Crippen molar-refractivity contribution >= 4 is 5.91 Å². The normalized spacial score (nSPS) is 30.5. The number of nitrogens with one attached hydrogen (secondary N) is 1. The Morgan fingerprint density at radius 1 is 1.60 bits per heavy atom. The number of likely N-dealkylation sites (tertiary alicyclic amines) is 1. The summed E-state index contributed by atoms with van der Waals surface area (Å²) in [5.41, 5.74) is 1.19. The number of nitrogens with zero attached hydrogens (tertiary/aromatic N) is 1. The number of furan rings is 1. The van der Waals surface area contributed by atoms with Crippen LogP contribution < -0.4 is 5.32 Å². The molecule has 2 fully saturated rings. The van der Waals surface area contributed by atoms with E-state index in [1.165, 1.54) is 5.56 Å². The van der Waals surface area contributed by atoms with Gasteiger partial charge < -0.3 is 9.73 Å². The second kappa shape index (κ2) is 3.38. The number of hydrogen-bond donors (Lipinski definition) is 1. The molecule has 15 heavy (non-hydrogen) atoms. The van der Waals surface area contributed by atoms with E-state index in [9.17, 15) is 4.79 Å². The van der Waals surface area contributed by atoms with Gasteiger partial charge in [-0.1, -0.05) is 0 Å². The van der Waals surface area contributed by atoms with Crippen LogP contribution in [-0.4, -0.2) is 29.4 Å². The first-order chi connectivity index (χ1) is 7.33. The van der Waals surface area contributed by atoms with Crippen molar-refractivity contribution in [1.29, 1.82) is 0 Å². The molecule has 2 saturated heterocycles. The third-order valence-corrected chi connectivity index (χ3v) is 3.37. The quantitative estimate of drug-likeness (QED) is 0.776. The van der Waals surface area contributed by atoms with Crippen LogP contribution in [0.5, 0.6) is 0 Å². The van der Waals surface area contributed by atoms with Crippen LogP contribution in [0.15, 0.2) is 23.0 Å². The monoisotopic (exact) mass is 206 g/mol. The highest BCUT2D eigenvalue weighted by atomic mass is 16.3. The molecular weight excluding hydrogens is 192 g/mol. The van der Waals surface area contributed by atoms with Crippen molar-refractivity contribution < 1.29 is 9.21 Å². The first-order valence-corrected chi connectivity index (χ1v) is 5.37. The average molecular weight is 206 g/mol. The number of rotatable bonds is 2. The van der Waals surface area contributed by atoms with Gasteiger partial charge in [0.15, 0.2) is 0 Å². The molecule has 3 rings (SSSR count). The van der Waals surface area contributed by atoms with Gasteiger partial charge in [0.05, 0.1) is 12.5 Å². The lowest BCUT2D eigenvalue weighted by atomic mass is 10.1. The van der Waals surface area contributed by atoms with Gasteiger partial charge in [0.2, 0.25) is 5.91 Å². The van der Waals surface area contributed by atoms with Crippen LogP contribution in [-0.2, 0) is 11.3 Å². The summed E-state index contributed by atoms with van der Waals surface area (Å²) in [6.45, 7) is 1.97. The fourth-order valence-electron chi connectivity index (χ4n) is 2.63. The minimum Gasteiger partial charge on any atom is -0.472 e. The fraction of sp³-hybridized carbons (Fsp3) is 0.545. The number of amides is 1. The van der Waals surface area contributed by atoms with Gasteiger partial charge in [0.25, 0.3) is 0 Å². The highest BCUT2D eigenvalue weighted by Crippen LogP contribution is 2.27. The van der Waals surface area contributed by atoms with E-state index in [0.717, 1.165) is 19.5 Å². The zero-order valence-electron chi connectivity index (χ0n) is 8.48. The molecule has 0 spiro atoms. The van der Waals surface area contributed by atoms with E-state index in [0.29, 0.717) is 18.5 Å². The summed E-state index contributed by atoms with van der Waals surface area (Å²) in [5.74, 6) is 0.196. The Kier molecular flexibility index (Phi) is 2.02. The molecule has 2 aliphatic rings. The first kappa shape index (κ1) is 8.97. The zero-order valence-corrected chi connectivity index (χ0v) is 8.48. The number of carbonyl (C=O) groups excluding carboxylic acids is 1. The number of hydrogen-bond acceptors (Lipinski definition) is 3. The molecule has 1 aromatic rings. The summed E-state index contributed by atoms with van der Waals surface area (Å²) < 4.78 is 5.05. The molecule has 2 atom stereocenters. The van der Waals surface area contributed by atoms with Crippen LogP contribution in [0.2, 0.25) is 0 Å². The number of carbonyl (C=O) groups is 1. The molecule has 0 aliphatic carbocycles. The van der Waals surface area contributed by atoms with Gasteiger partial charge >= 0.3 is 0 Å². The molecule has 0 radical (unpaired) electrons. The van der Waals surface area contributed by atoms with Crippen molar-refractivity contribution in [3.63, 3.8) is 0 Å². The molecule has 0 bridgehead atoms. The molecular formula is C11H14N2O2. The van der Waals surface area contributed by atoms with Crippen LogP contribution in [0.25, 0.3) is 0 Å². The average Bonchev–Trinajstić information content (AvgIpc) is 2.85. The topological polar surface area (TPSA) is 45.5 Å². The molecule has 1 N–H and O–H groups in total. The van der Waals surface area contributed by atoms with Crippen LogP contribution in [0.1, 0.15) is 18.4 Å². The van der Waals surface area contributed by atoms with Gasteiger partial charge in [0.1, 0.15) is 0 Å². The van der Waals surface area contributed by atoms with Gasteiger partial charge in [-0.15, -0.1) is 0 Å². The first-order valence-electron chi connectivity index (χ1n) is 5.37. The molecule has 3 heterocycles. The van der Waals surface area contributed by atoms with E-state index in [2.05, 4.69) is 10.2 Å². The van der Waals surface area contributed by atoms with Crippen LogP contribution in [0.3, 0.4) is 0 Å². The van der Waals surface area contributed by atoms with Gasteiger partial charge in [-0.3, -0.25) is 9.69 Å². The SMILES string of the molecule is O=C1C[C@@H]2[C@@H](CCN2Cc2ccoc2)N1. The Hall–Kier alpha value is -1.29. The summed E-state index contributed by atoms with van der Waals surface area (Å²) in [5, 5.41) is 3.02. The molecule has 1 amide bonds. The van der Waals surface area contributed by atoms with Crippen molar-refractivity contribution in [2.75, 3.05) is 6.54 Å². The maximum Gasteiger partial charge on any atom is 0.221 e. The molecule has 4 nitrogen and oxygen atoms in total. The largest absolute Gasteiger partial charge is 0.472 e. The summed E-state index contributed by atoms with van der Waals surface area (Å²) in [4.78, 5) is 13.6. The van der Waals surface area contributed by atoms with Crippen molar-refractivity contribution in [2.24, 2.45) is 0 Å². The zero-order chi connectivity index (χ0) is 10.3. The predicted molar refractivity (Wildman–Crippen MR) is 54.1 cm³/mol. The smallest absolute Gasteiger partial charge is 0.221 e. The highest BCUT2D eigenvalue weighted by Gasteiger charge is 2.40. The van der Waals surface area contributed by atoms with E-state index < -0.39 is 0 Å². The van der Waals surface area contributed by atoms with E-state index in [1.54, 1.807) is 12.5 Å². The fourth-order valence-corrected chi connectivity index (χ4v) is 2.63. The van der Waals surface area contributed by atoms with Crippen LogP contribution >= 0.6 is 0 Å². The van der Waals surface area contributed by atoms with E-state index >= 15 is 0 Å². The summed E-state index contributed by atoms with van der Waals surface area (Å²) >= 11 is 0. The van der Waals surface area contributed by atoms with Gasteiger partial charge in [-0.2, -0.15) is 0 Å². The second-order valence-electron chi connectivity index (χ2n) is 4.34. The van der Waals surface area contributed by atoms with Gasteiger partial charge in [-0.25, -0.2) is 0 Å². The lowest BCUT2D eigenvalue weighted by Crippen LogP contribution is -2.33. The van der Waals surface area contributed by atoms with Crippen molar-refractivity contribution in [2.45, 2.75) is 31.5 Å². The summed E-state index contributed by atoms with van der Waals surface area (Å²) in [7, 11) is 0. The molecule has 0 saturated carbocycles. The molecule has 4 heteroatoms. The Labute approximate surface area is 88.2 Å². The molecule has 80 valence electrons. The second-order valence-corrected chi connectivity index (χ2v) is 4.34. The standard InChI is InChI=1S/C11H14N2O2/c14-11-5-10-9(12-11)1-3-13(10)6-8-2-4-15-7-8/h2,4,7,9-10H,1,3,5-6H2,(H,12,14)/t9-,10-/m1/s1. The van der Waals surface area contributed by atoms with Gasteiger partial charge in [0, 0.05) is 37.2 Å². The number of fused-ring (bicyclic) bond motifs is 1. The molecule has 1 aromatic heterocycles.